The minimum atomic E-state index is -4.46. The van der Waals surface area contributed by atoms with E-state index in [0.29, 0.717) is 26.2 Å². The fourth-order valence-electron chi connectivity index (χ4n) is 3.96. The highest BCUT2D eigenvalue weighted by atomic mass is 19.4. The third-order valence-electron chi connectivity index (χ3n) is 5.84. The second kappa shape index (κ2) is 9.72. The van der Waals surface area contributed by atoms with Crippen molar-refractivity contribution in [2.75, 3.05) is 44.2 Å². The van der Waals surface area contributed by atoms with E-state index < -0.39 is 11.7 Å². The van der Waals surface area contributed by atoms with Crippen molar-refractivity contribution < 1.29 is 22.7 Å². The molecule has 2 aliphatic rings. The summed E-state index contributed by atoms with van der Waals surface area (Å²) in [6.45, 7) is 4.37. The first-order valence-corrected chi connectivity index (χ1v) is 10.7. The van der Waals surface area contributed by atoms with E-state index in [0.717, 1.165) is 44.9 Å². The van der Waals surface area contributed by atoms with Gasteiger partial charge < -0.3 is 14.5 Å². The molecule has 1 aromatic carbocycles. The third-order valence-corrected chi connectivity index (χ3v) is 5.84. The summed E-state index contributed by atoms with van der Waals surface area (Å²) in [7, 11) is 0. The van der Waals surface area contributed by atoms with Crippen molar-refractivity contribution in [2.24, 2.45) is 0 Å². The maximum atomic E-state index is 12.7. The number of piperazine rings is 1. The lowest BCUT2D eigenvalue weighted by Gasteiger charge is -2.36. The van der Waals surface area contributed by atoms with Crippen LogP contribution < -0.4 is 4.90 Å². The van der Waals surface area contributed by atoms with Gasteiger partial charge in [0.15, 0.2) is 0 Å². The Morgan fingerprint density at radius 3 is 2.19 bits per heavy atom. The zero-order chi connectivity index (χ0) is 22.6. The van der Waals surface area contributed by atoms with Crippen molar-refractivity contribution in [2.45, 2.75) is 31.7 Å². The molecule has 2 aromatic rings. The van der Waals surface area contributed by atoms with Gasteiger partial charge in [-0.05, 0) is 18.4 Å². The Hall–Kier alpha value is -2.88. The first kappa shape index (κ1) is 22.3. The van der Waals surface area contributed by atoms with Gasteiger partial charge >= 0.3 is 12.3 Å². The van der Waals surface area contributed by atoms with Crippen LogP contribution in [0.25, 0.3) is 0 Å². The number of hydrogen-bond acceptors (Lipinski definition) is 6. The van der Waals surface area contributed by atoms with Crippen LogP contribution in [0.1, 0.15) is 24.0 Å². The van der Waals surface area contributed by atoms with Crippen molar-refractivity contribution in [1.29, 1.82) is 0 Å². The monoisotopic (exact) mass is 449 g/mol. The molecule has 7 nitrogen and oxygen atoms in total. The molecule has 0 atom stereocenters. The van der Waals surface area contributed by atoms with Crippen LogP contribution in [0.3, 0.4) is 0 Å². The van der Waals surface area contributed by atoms with Crippen molar-refractivity contribution in [3.63, 3.8) is 0 Å². The summed E-state index contributed by atoms with van der Waals surface area (Å²) >= 11 is 0. The Morgan fingerprint density at radius 1 is 0.969 bits per heavy atom. The van der Waals surface area contributed by atoms with Crippen LogP contribution in [-0.4, -0.2) is 71.2 Å². The topological polar surface area (TPSA) is 61.8 Å². The van der Waals surface area contributed by atoms with Gasteiger partial charge in [-0.2, -0.15) is 13.2 Å². The highest BCUT2D eigenvalue weighted by Crippen LogP contribution is 2.28. The standard InChI is InChI=1S/C22H26F3N5O2/c23-22(24,25)18-14-26-20(27-15-18)29-10-12-30(13-11-29)21(31)32-19-6-8-28(9-7-19)16-17-4-2-1-3-5-17/h1-5,14-15,19H,6-13,16H2. The number of rotatable bonds is 4. The van der Waals surface area contributed by atoms with Crippen LogP contribution in [0.15, 0.2) is 42.7 Å². The molecule has 2 saturated heterocycles. The summed E-state index contributed by atoms with van der Waals surface area (Å²) in [5.41, 5.74) is 0.399. The maximum Gasteiger partial charge on any atom is 0.419 e. The Kier molecular flexibility index (Phi) is 6.78. The number of likely N-dealkylation sites (tertiary alicyclic amines) is 1. The van der Waals surface area contributed by atoms with Gasteiger partial charge in [0.05, 0.1) is 5.56 Å². The molecule has 0 bridgehead atoms. The first-order chi connectivity index (χ1) is 15.4. The molecule has 0 unspecified atom stereocenters. The van der Waals surface area contributed by atoms with E-state index in [1.54, 1.807) is 9.80 Å². The van der Waals surface area contributed by atoms with Gasteiger partial charge in [-0.15, -0.1) is 0 Å². The number of carbonyl (C=O) groups excluding carboxylic acids is 1. The first-order valence-electron chi connectivity index (χ1n) is 10.7. The van der Waals surface area contributed by atoms with E-state index in [1.807, 2.05) is 18.2 Å². The highest BCUT2D eigenvalue weighted by Gasteiger charge is 2.32. The van der Waals surface area contributed by atoms with E-state index in [1.165, 1.54) is 5.56 Å². The molecular formula is C22H26F3N5O2. The number of alkyl halides is 3. The lowest BCUT2D eigenvalue weighted by Crippen LogP contribution is -2.50. The average molecular weight is 449 g/mol. The zero-order valence-electron chi connectivity index (χ0n) is 17.7. The molecule has 3 heterocycles. The van der Waals surface area contributed by atoms with Crippen LogP contribution in [-0.2, 0) is 17.5 Å². The Morgan fingerprint density at radius 2 is 1.59 bits per heavy atom. The lowest BCUT2D eigenvalue weighted by molar-refractivity contribution is -0.138. The molecule has 0 spiro atoms. The number of ether oxygens (including phenoxy) is 1. The molecule has 2 fully saturated rings. The molecule has 0 radical (unpaired) electrons. The smallest absolute Gasteiger partial charge is 0.419 e. The Balaban J connectivity index is 1.20. The van der Waals surface area contributed by atoms with Crippen molar-refractivity contribution in [1.82, 2.24) is 19.8 Å². The molecule has 32 heavy (non-hydrogen) atoms. The summed E-state index contributed by atoms with van der Waals surface area (Å²) in [4.78, 5) is 26.0. The molecule has 0 saturated carbocycles. The number of carbonyl (C=O) groups is 1. The minimum absolute atomic E-state index is 0.0919. The number of nitrogens with zero attached hydrogens (tertiary/aromatic N) is 5. The Bertz CT molecular complexity index is 879. The van der Waals surface area contributed by atoms with Gasteiger partial charge in [0.25, 0.3) is 0 Å². The van der Waals surface area contributed by atoms with Gasteiger partial charge in [0.1, 0.15) is 6.10 Å². The quantitative estimate of drug-likeness (QED) is 0.713. The second-order valence-electron chi connectivity index (χ2n) is 8.09. The minimum Gasteiger partial charge on any atom is -0.446 e. The number of anilines is 1. The molecule has 4 rings (SSSR count). The van der Waals surface area contributed by atoms with E-state index in [2.05, 4.69) is 27.0 Å². The summed E-state index contributed by atoms with van der Waals surface area (Å²) in [5, 5.41) is 0. The van der Waals surface area contributed by atoms with Crippen LogP contribution in [0.5, 0.6) is 0 Å². The normalized spacial score (nSPS) is 18.6. The number of piperidine rings is 1. The molecule has 2 aliphatic heterocycles. The SMILES string of the molecule is O=C(OC1CCN(Cc2ccccc2)CC1)N1CCN(c2ncc(C(F)(F)F)cn2)CC1. The fraction of sp³-hybridized carbons (Fsp3) is 0.500. The summed E-state index contributed by atoms with van der Waals surface area (Å²) < 4.78 is 43.7. The molecule has 0 aliphatic carbocycles. The number of hydrogen-bond donors (Lipinski definition) is 0. The van der Waals surface area contributed by atoms with Crippen molar-refractivity contribution in [3.05, 3.63) is 53.9 Å². The van der Waals surface area contributed by atoms with Gasteiger partial charge in [0.2, 0.25) is 5.95 Å². The summed E-state index contributed by atoms with van der Waals surface area (Å²) in [6.07, 6.45) is -1.71. The largest absolute Gasteiger partial charge is 0.446 e. The second-order valence-corrected chi connectivity index (χ2v) is 8.09. The van der Waals surface area contributed by atoms with Crippen molar-refractivity contribution in [3.8, 4) is 0 Å². The predicted molar refractivity (Wildman–Crippen MR) is 112 cm³/mol. The van der Waals surface area contributed by atoms with Gasteiger partial charge in [-0.25, -0.2) is 14.8 Å². The van der Waals surface area contributed by atoms with Crippen LogP contribution in [0, 0.1) is 0 Å². The van der Waals surface area contributed by atoms with Crippen molar-refractivity contribution >= 4 is 12.0 Å². The molecule has 1 amide bonds. The number of amides is 1. The van der Waals surface area contributed by atoms with Crippen LogP contribution in [0.2, 0.25) is 0 Å². The molecule has 0 N–H and O–H groups in total. The Labute approximate surface area is 184 Å². The summed E-state index contributed by atoms with van der Waals surface area (Å²) in [6, 6.07) is 10.3. The van der Waals surface area contributed by atoms with E-state index in [-0.39, 0.29) is 18.1 Å². The maximum absolute atomic E-state index is 12.7. The summed E-state index contributed by atoms with van der Waals surface area (Å²) in [5.74, 6) is 0.233. The van der Waals surface area contributed by atoms with Gasteiger partial charge in [-0.3, -0.25) is 4.90 Å². The lowest BCUT2D eigenvalue weighted by atomic mass is 10.1. The fourth-order valence-corrected chi connectivity index (χ4v) is 3.96. The van der Waals surface area contributed by atoms with E-state index in [4.69, 9.17) is 4.74 Å². The predicted octanol–water partition coefficient (Wildman–Crippen LogP) is 3.42. The molecular weight excluding hydrogens is 423 g/mol. The highest BCUT2D eigenvalue weighted by molar-refractivity contribution is 5.68. The van der Waals surface area contributed by atoms with Gasteiger partial charge in [0, 0.05) is 58.2 Å². The number of benzene rings is 1. The van der Waals surface area contributed by atoms with Crippen LogP contribution >= 0.6 is 0 Å². The molecule has 10 heteroatoms. The third kappa shape index (κ3) is 5.67. The van der Waals surface area contributed by atoms with E-state index in [9.17, 15) is 18.0 Å². The molecule has 172 valence electrons. The average Bonchev–Trinajstić information content (AvgIpc) is 2.81. The number of aromatic nitrogens is 2. The van der Waals surface area contributed by atoms with Crippen LogP contribution in [0.4, 0.5) is 23.9 Å². The molecule has 1 aromatic heterocycles. The van der Waals surface area contributed by atoms with Gasteiger partial charge in [-0.1, -0.05) is 30.3 Å². The van der Waals surface area contributed by atoms with E-state index >= 15 is 0 Å². The zero-order valence-corrected chi connectivity index (χ0v) is 17.7. The number of halogens is 3.